The number of nitrogens with zero attached hydrogens (tertiary/aromatic N) is 1. The molecular weight excluding hydrogens is 403 g/mol. The molecule has 1 aliphatic heterocycles. The van der Waals surface area contributed by atoms with Crippen LogP contribution >= 0.6 is 11.6 Å². The van der Waals surface area contributed by atoms with Crippen molar-refractivity contribution in [1.82, 2.24) is 5.32 Å². The Bertz CT molecular complexity index is 997. The van der Waals surface area contributed by atoms with E-state index in [1.54, 1.807) is 30.3 Å². The summed E-state index contributed by atoms with van der Waals surface area (Å²) in [5, 5.41) is 3.82. The van der Waals surface area contributed by atoms with Crippen LogP contribution in [0.4, 0.5) is 10.1 Å². The molecule has 2 fully saturated rings. The highest BCUT2D eigenvalue weighted by Gasteiger charge is 2.60. The molecule has 30 heavy (non-hydrogen) atoms. The van der Waals surface area contributed by atoms with E-state index in [4.69, 9.17) is 11.6 Å². The number of rotatable bonds is 5. The van der Waals surface area contributed by atoms with Crippen LogP contribution in [-0.2, 0) is 11.2 Å². The minimum absolute atomic E-state index is 0.0642. The number of amides is 2. The largest absolute Gasteiger partial charge is 0.349 e. The zero-order valence-electron chi connectivity index (χ0n) is 16.8. The molecule has 6 heteroatoms. The van der Waals surface area contributed by atoms with Crippen molar-refractivity contribution in [1.29, 1.82) is 0 Å². The van der Waals surface area contributed by atoms with Gasteiger partial charge in [-0.05, 0) is 85.0 Å². The van der Waals surface area contributed by atoms with E-state index in [-0.39, 0.29) is 36.1 Å². The third-order valence-corrected chi connectivity index (χ3v) is 7.34. The van der Waals surface area contributed by atoms with E-state index >= 15 is 0 Å². The Labute approximate surface area is 180 Å². The Morgan fingerprint density at radius 1 is 1.20 bits per heavy atom. The number of nitrogens with one attached hydrogen (secondary N) is 1. The van der Waals surface area contributed by atoms with Crippen molar-refractivity contribution in [2.75, 3.05) is 4.90 Å². The molecule has 3 aliphatic rings. The number of fused-ring (bicyclic) bond motifs is 2. The zero-order valence-corrected chi connectivity index (χ0v) is 17.5. The maximum Gasteiger partial charge on any atom is 0.251 e. The van der Waals surface area contributed by atoms with Gasteiger partial charge in [-0.15, -0.1) is 0 Å². The fourth-order valence-corrected chi connectivity index (χ4v) is 5.83. The van der Waals surface area contributed by atoms with E-state index in [1.807, 2.05) is 4.90 Å². The van der Waals surface area contributed by atoms with Gasteiger partial charge in [-0.25, -0.2) is 4.39 Å². The number of carbonyl (C=O) groups excluding carboxylic acids is 2. The number of hydrogen-bond donors (Lipinski definition) is 1. The van der Waals surface area contributed by atoms with Gasteiger partial charge in [0.15, 0.2) is 0 Å². The fraction of sp³-hybridized carbons (Fsp3) is 0.417. The normalized spacial score (nSPS) is 27.6. The van der Waals surface area contributed by atoms with Gasteiger partial charge in [-0.3, -0.25) is 9.59 Å². The second kappa shape index (κ2) is 7.38. The van der Waals surface area contributed by atoms with Gasteiger partial charge in [-0.2, -0.15) is 0 Å². The molecule has 4 nitrogen and oxygen atoms in total. The van der Waals surface area contributed by atoms with Gasteiger partial charge >= 0.3 is 0 Å². The van der Waals surface area contributed by atoms with Gasteiger partial charge in [0.1, 0.15) is 5.82 Å². The second-order valence-electron chi connectivity index (χ2n) is 8.74. The minimum atomic E-state index is -0.292. The second-order valence-corrected chi connectivity index (χ2v) is 9.18. The summed E-state index contributed by atoms with van der Waals surface area (Å²) < 4.78 is 13.5. The molecule has 1 heterocycles. The van der Waals surface area contributed by atoms with E-state index in [2.05, 4.69) is 12.2 Å². The molecule has 5 atom stereocenters. The molecule has 156 valence electrons. The maximum atomic E-state index is 13.5. The highest BCUT2D eigenvalue weighted by atomic mass is 35.5. The van der Waals surface area contributed by atoms with Crippen LogP contribution in [0, 0.1) is 23.6 Å². The first kappa shape index (κ1) is 19.6. The van der Waals surface area contributed by atoms with Crippen molar-refractivity contribution in [3.05, 3.63) is 64.4 Å². The summed E-state index contributed by atoms with van der Waals surface area (Å²) in [5.74, 6) is 1.24. The Balaban J connectivity index is 1.23. The van der Waals surface area contributed by atoms with Gasteiger partial charge in [0, 0.05) is 28.4 Å². The van der Waals surface area contributed by atoms with E-state index in [1.165, 1.54) is 12.1 Å². The molecule has 1 unspecified atom stereocenters. The van der Waals surface area contributed by atoms with Crippen LogP contribution in [0.2, 0.25) is 5.02 Å². The number of carbonyl (C=O) groups is 2. The Morgan fingerprint density at radius 3 is 2.57 bits per heavy atom. The lowest BCUT2D eigenvalue weighted by atomic mass is 9.98. The van der Waals surface area contributed by atoms with Crippen molar-refractivity contribution in [2.24, 2.45) is 17.8 Å². The van der Waals surface area contributed by atoms with Crippen LogP contribution < -0.4 is 10.2 Å². The third kappa shape index (κ3) is 3.29. The van der Waals surface area contributed by atoms with Crippen LogP contribution in [-0.4, -0.2) is 23.9 Å². The molecule has 0 radical (unpaired) electrons. The summed E-state index contributed by atoms with van der Waals surface area (Å²) in [5.41, 5.74) is 2.28. The van der Waals surface area contributed by atoms with E-state index < -0.39 is 0 Å². The highest BCUT2D eigenvalue weighted by Crippen LogP contribution is 2.61. The summed E-state index contributed by atoms with van der Waals surface area (Å²) in [6.45, 7) is 2.10. The molecular formula is C24H24ClFN2O2. The zero-order chi connectivity index (χ0) is 21.0. The molecule has 0 aromatic heterocycles. The monoisotopic (exact) mass is 426 g/mol. The predicted molar refractivity (Wildman–Crippen MR) is 114 cm³/mol. The quantitative estimate of drug-likeness (QED) is 0.759. The summed E-state index contributed by atoms with van der Waals surface area (Å²) in [6.07, 6.45) is 3.07. The van der Waals surface area contributed by atoms with Crippen molar-refractivity contribution in [2.45, 2.75) is 44.7 Å². The Hall–Kier alpha value is -2.40. The maximum absolute atomic E-state index is 13.5. The van der Waals surface area contributed by atoms with Crippen LogP contribution in [0.3, 0.4) is 0 Å². The minimum Gasteiger partial charge on any atom is -0.349 e. The first-order valence-electron chi connectivity index (χ1n) is 10.6. The van der Waals surface area contributed by atoms with E-state index in [0.717, 1.165) is 30.5 Å². The van der Waals surface area contributed by atoms with E-state index in [9.17, 15) is 14.0 Å². The number of anilines is 1. The van der Waals surface area contributed by atoms with Crippen molar-refractivity contribution < 1.29 is 14.0 Å². The summed E-state index contributed by atoms with van der Waals surface area (Å²) >= 11 is 5.91. The van der Waals surface area contributed by atoms with Gasteiger partial charge < -0.3 is 10.2 Å². The number of hydrogen-bond acceptors (Lipinski definition) is 2. The fourth-order valence-electron chi connectivity index (χ4n) is 5.71. The van der Waals surface area contributed by atoms with Crippen molar-refractivity contribution in [3.8, 4) is 0 Å². The molecule has 0 saturated heterocycles. The lowest BCUT2D eigenvalue weighted by Crippen LogP contribution is -2.40. The highest BCUT2D eigenvalue weighted by molar-refractivity contribution is 6.30. The topological polar surface area (TPSA) is 49.4 Å². The molecule has 0 bridgehead atoms. The third-order valence-electron chi connectivity index (χ3n) is 7.09. The van der Waals surface area contributed by atoms with E-state index in [0.29, 0.717) is 28.3 Å². The molecule has 1 N–H and O–H groups in total. The summed E-state index contributed by atoms with van der Waals surface area (Å²) in [7, 11) is 0. The van der Waals surface area contributed by atoms with Gasteiger partial charge in [0.25, 0.3) is 5.91 Å². The van der Waals surface area contributed by atoms with Crippen LogP contribution in [0.15, 0.2) is 42.5 Å². The lowest BCUT2D eigenvalue weighted by molar-refractivity contribution is -0.117. The smallest absolute Gasteiger partial charge is 0.251 e. The molecule has 2 saturated carbocycles. The average molecular weight is 427 g/mol. The van der Waals surface area contributed by atoms with Gasteiger partial charge in [0.05, 0.1) is 6.42 Å². The van der Waals surface area contributed by atoms with Gasteiger partial charge in [0.2, 0.25) is 5.91 Å². The molecule has 5 rings (SSSR count). The van der Waals surface area contributed by atoms with Crippen molar-refractivity contribution >= 4 is 29.1 Å². The molecule has 2 aromatic rings. The Kier molecular flexibility index (Phi) is 4.81. The lowest BCUT2D eigenvalue weighted by Gasteiger charge is -2.28. The molecule has 2 aliphatic carbocycles. The SMILES string of the molecule is CCC(NC(=O)c1ccc(Cl)cc1)[C@H]1[C@@H]2C[C@@H](N3C(=O)Cc4cc(F)ccc43)C[C@@H]21. The number of halogens is 2. The number of benzene rings is 2. The Morgan fingerprint density at radius 2 is 1.90 bits per heavy atom. The summed E-state index contributed by atoms with van der Waals surface area (Å²) in [4.78, 5) is 27.1. The molecule has 2 aromatic carbocycles. The van der Waals surface area contributed by atoms with Gasteiger partial charge in [-0.1, -0.05) is 18.5 Å². The predicted octanol–water partition coefficient (Wildman–Crippen LogP) is 4.60. The summed E-state index contributed by atoms with van der Waals surface area (Å²) in [6, 6.07) is 11.9. The van der Waals surface area contributed by atoms with Crippen molar-refractivity contribution in [3.63, 3.8) is 0 Å². The van der Waals surface area contributed by atoms with Crippen LogP contribution in [0.1, 0.15) is 42.1 Å². The first-order chi connectivity index (χ1) is 14.5. The molecule has 0 spiro atoms. The first-order valence-corrected chi connectivity index (χ1v) is 11.0. The van der Waals surface area contributed by atoms with Crippen LogP contribution in [0.5, 0.6) is 0 Å². The average Bonchev–Trinajstić information content (AvgIpc) is 3.05. The standard InChI is InChI=1S/C24H24ClFN2O2/c1-2-20(27-24(30)13-3-5-15(25)6-4-13)23-18-11-17(12-19(18)23)28-21-8-7-16(26)9-14(21)10-22(28)29/h3-9,17-20,23H,2,10-12H2,1H3,(H,27,30)/t17-,18-,19+,20?,23+. The van der Waals surface area contributed by atoms with Crippen LogP contribution in [0.25, 0.3) is 0 Å². The molecule has 2 amide bonds.